The van der Waals surface area contributed by atoms with E-state index in [1.807, 2.05) is 50.3 Å². The molecule has 1 aliphatic heterocycles. The zero-order chi connectivity index (χ0) is 17.3. The van der Waals surface area contributed by atoms with Crippen LogP contribution in [0.15, 0.2) is 42.5 Å². The minimum absolute atomic E-state index is 0.0148. The van der Waals surface area contributed by atoms with Crippen molar-refractivity contribution >= 4 is 23.2 Å². The first-order valence-electron chi connectivity index (χ1n) is 7.90. The molecule has 0 aromatic heterocycles. The van der Waals surface area contributed by atoms with Gasteiger partial charge in [-0.05, 0) is 41.5 Å². The minimum atomic E-state index is -0.468. The summed E-state index contributed by atoms with van der Waals surface area (Å²) < 4.78 is 5.78. The summed E-state index contributed by atoms with van der Waals surface area (Å²) in [6.07, 6.45) is 0.100. The van der Waals surface area contributed by atoms with E-state index in [9.17, 15) is 4.79 Å². The van der Waals surface area contributed by atoms with Crippen molar-refractivity contribution in [2.75, 3.05) is 26.0 Å². The predicted molar refractivity (Wildman–Crippen MR) is 96.8 cm³/mol. The van der Waals surface area contributed by atoms with Gasteiger partial charge in [0.2, 0.25) is 0 Å². The van der Waals surface area contributed by atoms with Gasteiger partial charge in [0.15, 0.2) is 6.10 Å². The zero-order valence-electron chi connectivity index (χ0n) is 14.1. The fourth-order valence-corrected chi connectivity index (χ4v) is 3.05. The van der Waals surface area contributed by atoms with E-state index in [4.69, 9.17) is 16.3 Å². The van der Waals surface area contributed by atoms with Gasteiger partial charge in [-0.25, -0.2) is 0 Å². The van der Waals surface area contributed by atoms with Crippen molar-refractivity contribution < 1.29 is 9.53 Å². The van der Waals surface area contributed by atoms with Gasteiger partial charge in [-0.3, -0.25) is 4.79 Å². The van der Waals surface area contributed by atoms with Crippen molar-refractivity contribution in [3.05, 3.63) is 58.6 Å². The Hall–Kier alpha value is -2.20. The molecule has 0 spiro atoms. The van der Waals surface area contributed by atoms with Crippen molar-refractivity contribution in [2.24, 2.45) is 0 Å². The number of likely N-dealkylation sites (N-methyl/N-ethyl adjacent to an activating group) is 1. The molecular weight excluding hydrogens is 324 g/mol. The van der Waals surface area contributed by atoms with Crippen LogP contribution in [0.25, 0.3) is 0 Å². The highest BCUT2D eigenvalue weighted by atomic mass is 35.5. The molecule has 3 rings (SSSR count). The van der Waals surface area contributed by atoms with Crippen molar-refractivity contribution in [3.8, 4) is 5.75 Å². The van der Waals surface area contributed by atoms with Crippen LogP contribution in [0.1, 0.15) is 11.1 Å². The van der Waals surface area contributed by atoms with Crippen molar-refractivity contribution in [1.82, 2.24) is 4.90 Å². The van der Waals surface area contributed by atoms with Crippen LogP contribution < -0.4 is 9.64 Å². The number of hydrogen-bond donors (Lipinski definition) is 0. The highest BCUT2D eigenvalue weighted by Crippen LogP contribution is 2.31. The third kappa shape index (κ3) is 3.49. The maximum atomic E-state index is 12.6. The Morgan fingerprint density at radius 2 is 1.88 bits per heavy atom. The molecule has 0 unspecified atom stereocenters. The second-order valence-corrected chi connectivity index (χ2v) is 6.75. The standard InChI is InChI=1S/C19H21ClN2O2/c1-21(2)16-7-4-13(5-8-16)12-22(3)19(23)18-11-14-10-15(20)6-9-17(14)24-18/h4-10,18H,11-12H2,1-3H3/t18-/m1/s1. The van der Waals surface area contributed by atoms with Gasteiger partial charge in [-0.2, -0.15) is 0 Å². The van der Waals surface area contributed by atoms with Gasteiger partial charge >= 0.3 is 0 Å². The second kappa shape index (κ2) is 6.73. The van der Waals surface area contributed by atoms with Gasteiger partial charge in [0.25, 0.3) is 5.91 Å². The lowest BCUT2D eigenvalue weighted by Gasteiger charge is -2.21. The summed E-state index contributed by atoms with van der Waals surface area (Å²) in [6, 6.07) is 13.7. The lowest BCUT2D eigenvalue weighted by Crippen LogP contribution is -2.38. The van der Waals surface area contributed by atoms with E-state index in [2.05, 4.69) is 12.1 Å². The van der Waals surface area contributed by atoms with Crippen LogP contribution in [0.2, 0.25) is 5.02 Å². The highest BCUT2D eigenvalue weighted by molar-refractivity contribution is 6.30. The number of anilines is 1. The van der Waals surface area contributed by atoms with Gasteiger partial charge in [0.1, 0.15) is 5.75 Å². The van der Waals surface area contributed by atoms with E-state index < -0.39 is 6.10 Å². The molecule has 5 heteroatoms. The van der Waals surface area contributed by atoms with Gasteiger partial charge in [0.05, 0.1) is 0 Å². The fraction of sp³-hybridized carbons (Fsp3) is 0.316. The number of nitrogens with zero attached hydrogens (tertiary/aromatic N) is 2. The third-order valence-corrected chi connectivity index (χ3v) is 4.46. The Morgan fingerprint density at radius 1 is 1.17 bits per heavy atom. The summed E-state index contributed by atoms with van der Waals surface area (Å²) in [6.45, 7) is 0.559. The molecule has 0 bridgehead atoms. The Balaban J connectivity index is 1.63. The van der Waals surface area contributed by atoms with E-state index in [0.717, 1.165) is 22.6 Å². The first kappa shape index (κ1) is 16.7. The molecule has 0 saturated heterocycles. The smallest absolute Gasteiger partial charge is 0.264 e. The third-order valence-electron chi connectivity index (χ3n) is 4.22. The Labute approximate surface area is 147 Å². The van der Waals surface area contributed by atoms with Gasteiger partial charge in [-0.15, -0.1) is 0 Å². The quantitative estimate of drug-likeness (QED) is 0.852. The fourth-order valence-electron chi connectivity index (χ4n) is 2.85. The maximum Gasteiger partial charge on any atom is 0.264 e. The van der Waals surface area contributed by atoms with Crippen LogP contribution in [-0.4, -0.2) is 38.1 Å². The van der Waals surface area contributed by atoms with E-state index in [-0.39, 0.29) is 5.91 Å². The van der Waals surface area contributed by atoms with Gasteiger partial charge < -0.3 is 14.5 Å². The molecule has 2 aromatic rings. The number of hydrogen-bond acceptors (Lipinski definition) is 3. The van der Waals surface area contributed by atoms with Crippen LogP contribution in [0.4, 0.5) is 5.69 Å². The number of carbonyl (C=O) groups is 1. The summed E-state index contributed by atoms with van der Waals surface area (Å²) in [4.78, 5) is 16.4. The molecule has 1 atom stereocenters. The molecule has 4 nitrogen and oxygen atoms in total. The molecule has 1 aliphatic rings. The van der Waals surface area contributed by atoms with Crippen molar-refractivity contribution in [3.63, 3.8) is 0 Å². The predicted octanol–water partition coefficient (Wildman–Crippen LogP) is 3.37. The molecule has 0 saturated carbocycles. The number of benzene rings is 2. The molecule has 0 radical (unpaired) electrons. The molecule has 0 fully saturated rings. The van der Waals surface area contributed by atoms with E-state index in [1.54, 1.807) is 11.0 Å². The largest absolute Gasteiger partial charge is 0.480 e. The van der Waals surface area contributed by atoms with Crippen LogP contribution >= 0.6 is 11.6 Å². The first-order valence-corrected chi connectivity index (χ1v) is 8.28. The van der Waals surface area contributed by atoms with Crippen molar-refractivity contribution in [1.29, 1.82) is 0 Å². The summed E-state index contributed by atoms with van der Waals surface area (Å²) in [5.74, 6) is 0.737. The summed E-state index contributed by atoms with van der Waals surface area (Å²) in [5, 5.41) is 0.666. The number of ether oxygens (including phenoxy) is 1. The maximum absolute atomic E-state index is 12.6. The molecule has 1 amide bonds. The summed E-state index contributed by atoms with van der Waals surface area (Å²) in [7, 11) is 5.82. The SMILES string of the molecule is CN(Cc1ccc(N(C)C)cc1)C(=O)[C@H]1Cc2cc(Cl)ccc2O1. The second-order valence-electron chi connectivity index (χ2n) is 6.32. The summed E-state index contributed by atoms with van der Waals surface area (Å²) >= 11 is 6.00. The molecule has 1 heterocycles. The number of rotatable bonds is 4. The van der Waals surface area contributed by atoms with Crippen LogP contribution in [0.5, 0.6) is 5.75 Å². The topological polar surface area (TPSA) is 32.8 Å². The van der Waals surface area contributed by atoms with Crippen molar-refractivity contribution in [2.45, 2.75) is 19.1 Å². The molecular formula is C19H21ClN2O2. The zero-order valence-corrected chi connectivity index (χ0v) is 14.9. The average Bonchev–Trinajstić information content (AvgIpc) is 2.97. The summed E-state index contributed by atoms with van der Waals surface area (Å²) in [5.41, 5.74) is 3.22. The van der Waals surface area contributed by atoms with E-state index in [1.165, 1.54) is 0 Å². The lowest BCUT2D eigenvalue weighted by atomic mass is 10.1. The molecule has 0 aliphatic carbocycles. The first-order chi connectivity index (χ1) is 11.4. The van der Waals surface area contributed by atoms with Gasteiger partial charge in [0, 0.05) is 44.8 Å². The van der Waals surface area contributed by atoms with Crippen LogP contribution in [-0.2, 0) is 17.8 Å². The Morgan fingerprint density at radius 3 is 2.54 bits per heavy atom. The Bertz CT molecular complexity index is 744. The number of amides is 1. The molecule has 0 N–H and O–H groups in total. The van der Waals surface area contributed by atoms with Crippen LogP contribution in [0, 0.1) is 0 Å². The number of carbonyl (C=O) groups excluding carboxylic acids is 1. The van der Waals surface area contributed by atoms with Crippen LogP contribution in [0.3, 0.4) is 0 Å². The Kier molecular flexibility index (Phi) is 4.67. The average molecular weight is 345 g/mol. The normalized spacial score (nSPS) is 15.6. The highest BCUT2D eigenvalue weighted by Gasteiger charge is 2.31. The number of fused-ring (bicyclic) bond motifs is 1. The number of halogens is 1. The molecule has 126 valence electrons. The minimum Gasteiger partial charge on any atom is -0.480 e. The lowest BCUT2D eigenvalue weighted by molar-refractivity contribution is -0.137. The molecule has 2 aromatic carbocycles. The van der Waals surface area contributed by atoms with E-state index >= 15 is 0 Å². The molecule has 24 heavy (non-hydrogen) atoms. The van der Waals surface area contributed by atoms with Gasteiger partial charge in [-0.1, -0.05) is 23.7 Å². The monoisotopic (exact) mass is 344 g/mol. The van der Waals surface area contributed by atoms with E-state index in [0.29, 0.717) is 18.0 Å².